The first-order chi connectivity index (χ1) is 7.68. The monoisotopic (exact) mass is 214 g/mol. The Kier molecular flexibility index (Phi) is 1.65. The van der Waals surface area contributed by atoms with E-state index in [1.54, 1.807) is 18.5 Å². The van der Waals surface area contributed by atoms with Gasteiger partial charge in [-0.3, -0.25) is 4.57 Å². The maximum absolute atomic E-state index is 12.0. The lowest BCUT2D eigenvalue weighted by Gasteiger charge is -2.04. The van der Waals surface area contributed by atoms with E-state index in [0.29, 0.717) is 11.5 Å². The van der Waals surface area contributed by atoms with E-state index in [0.717, 1.165) is 10.9 Å². The molecule has 2 aromatic heterocycles. The zero-order valence-electron chi connectivity index (χ0n) is 9.01. The van der Waals surface area contributed by atoms with Gasteiger partial charge in [0, 0.05) is 12.4 Å². The van der Waals surface area contributed by atoms with Crippen LogP contribution >= 0.6 is 0 Å². The molecule has 3 aromatic rings. The fraction of sp³-hybridized carbons (Fsp3) is 0.182. The summed E-state index contributed by atoms with van der Waals surface area (Å²) >= 11 is 0. The highest BCUT2D eigenvalue weighted by molar-refractivity contribution is 5.91. The minimum Gasteiger partial charge on any atom is -0.295 e. The molecule has 0 aliphatic heterocycles. The molecule has 0 bridgehead atoms. The highest BCUT2D eigenvalue weighted by Gasteiger charge is 2.10. The Morgan fingerprint density at radius 2 is 2.00 bits per heavy atom. The molecule has 0 atom stereocenters. The van der Waals surface area contributed by atoms with Gasteiger partial charge < -0.3 is 0 Å². The predicted octanol–water partition coefficient (Wildman–Crippen LogP) is 0.890. The van der Waals surface area contributed by atoms with Gasteiger partial charge in [-0.2, -0.15) is 4.52 Å². The lowest BCUT2D eigenvalue weighted by Crippen LogP contribution is -2.25. The fourth-order valence-corrected chi connectivity index (χ4v) is 1.92. The summed E-state index contributed by atoms with van der Waals surface area (Å²) in [7, 11) is 1.74. The van der Waals surface area contributed by atoms with E-state index >= 15 is 0 Å². The van der Waals surface area contributed by atoms with Crippen molar-refractivity contribution in [1.29, 1.82) is 0 Å². The molecule has 0 N–H and O–H groups in total. The maximum Gasteiger partial charge on any atom is 0.350 e. The maximum atomic E-state index is 12.0. The normalized spacial score (nSPS) is 11.4. The second kappa shape index (κ2) is 2.91. The molecule has 0 radical (unpaired) electrons. The largest absolute Gasteiger partial charge is 0.350 e. The average Bonchev–Trinajstić information content (AvgIpc) is 2.68. The highest BCUT2D eigenvalue weighted by atomic mass is 16.1. The zero-order chi connectivity index (χ0) is 11.3. The van der Waals surface area contributed by atoms with Crippen molar-refractivity contribution >= 4 is 16.6 Å². The number of hydrogen-bond donors (Lipinski definition) is 0. The van der Waals surface area contributed by atoms with Gasteiger partial charge >= 0.3 is 5.69 Å². The number of para-hydroxylation sites is 1. The molecule has 0 aliphatic carbocycles. The van der Waals surface area contributed by atoms with Crippen molar-refractivity contribution < 1.29 is 0 Å². The lowest BCUT2D eigenvalue weighted by atomic mass is 10.2. The van der Waals surface area contributed by atoms with Crippen LogP contribution < -0.4 is 5.69 Å². The van der Waals surface area contributed by atoms with E-state index in [2.05, 4.69) is 10.1 Å². The van der Waals surface area contributed by atoms with Gasteiger partial charge in [-0.1, -0.05) is 12.1 Å². The fourth-order valence-electron chi connectivity index (χ4n) is 1.92. The van der Waals surface area contributed by atoms with E-state index in [9.17, 15) is 4.79 Å². The molecule has 0 fully saturated rings. The second-order valence-electron chi connectivity index (χ2n) is 3.75. The number of hydrogen-bond acceptors (Lipinski definition) is 3. The Balaban J connectivity index is 2.73. The summed E-state index contributed by atoms with van der Waals surface area (Å²) in [4.78, 5) is 16.3. The minimum absolute atomic E-state index is 0.172. The van der Waals surface area contributed by atoms with Crippen LogP contribution in [0.1, 0.15) is 5.82 Å². The summed E-state index contributed by atoms with van der Waals surface area (Å²) in [5.41, 5.74) is 1.32. The van der Waals surface area contributed by atoms with Crippen molar-refractivity contribution in [3.05, 3.63) is 40.6 Å². The van der Waals surface area contributed by atoms with Gasteiger partial charge in [0.1, 0.15) is 5.82 Å². The summed E-state index contributed by atoms with van der Waals surface area (Å²) in [6.07, 6.45) is 0. The summed E-state index contributed by atoms with van der Waals surface area (Å²) in [5.74, 6) is 0.605. The number of rotatable bonds is 0. The summed E-state index contributed by atoms with van der Waals surface area (Å²) in [6, 6.07) is 7.68. The van der Waals surface area contributed by atoms with Crippen LogP contribution in [0.2, 0.25) is 0 Å². The topological polar surface area (TPSA) is 52.2 Å². The number of benzene rings is 1. The van der Waals surface area contributed by atoms with Crippen molar-refractivity contribution in [2.75, 3.05) is 0 Å². The third-order valence-corrected chi connectivity index (χ3v) is 2.69. The molecule has 5 heteroatoms. The van der Waals surface area contributed by atoms with Gasteiger partial charge in [-0.05, 0) is 19.1 Å². The summed E-state index contributed by atoms with van der Waals surface area (Å²) in [5, 5.41) is 5.03. The molecule has 16 heavy (non-hydrogen) atoms. The third-order valence-electron chi connectivity index (χ3n) is 2.69. The molecule has 0 saturated heterocycles. The van der Waals surface area contributed by atoms with E-state index < -0.39 is 0 Å². The highest BCUT2D eigenvalue weighted by Crippen LogP contribution is 2.15. The average molecular weight is 214 g/mol. The minimum atomic E-state index is -0.172. The van der Waals surface area contributed by atoms with Crippen LogP contribution in [-0.2, 0) is 7.05 Å². The smallest absolute Gasteiger partial charge is 0.295 e. The number of fused-ring (bicyclic) bond motifs is 3. The van der Waals surface area contributed by atoms with Crippen molar-refractivity contribution in [2.24, 2.45) is 7.05 Å². The molecule has 1 aromatic carbocycles. The van der Waals surface area contributed by atoms with Crippen LogP contribution in [0.15, 0.2) is 29.1 Å². The van der Waals surface area contributed by atoms with E-state index in [4.69, 9.17) is 0 Å². The van der Waals surface area contributed by atoms with Crippen molar-refractivity contribution in [3.8, 4) is 0 Å². The van der Waals surface area contributed by atoms with Crippen molar-refractivity contribution in [3.63, 3.8) is 0 Å². The Bertz CT molecular complexity index is 754. The first-order valence-electron chi connectivity index (χ1n) is 4.99. The van der Waals surface area contributed by atoms with Gasteiger partial charge in [0.15, 0.2) is 5.65 Å². The molecule has 0 unspecified atom stereocenters. The van der Waals surface area contributed by atoms with Crippen molar-refractivity contribution in [1.82, 2.24) is 19.2 Å². The van der Waals surface area contributed by atoms with Gasteiger partial charge in [0.25, 0.3) is 0 Å². The second-order valence-corrected chi connectivity index (χ2v) is 3.75. The summed E-state index contributed by atoms with van der Waals surface area (Å²) < 4.78 is 2.92. The molecule has 80 valence electrons. The quantitative estimate of drug-likeness (QED) is 0.558. The van der Waals surface area contributed by atoms with Gasteiger partial charge in [-0.15, -0.1) is 5.10 Å². The van der Waals surface area contributed by atoms with Crippen LogP contribution in [0.25, 0.3) is 16.6 Å². The van der Waals surface area contributed by atoms with Gasteiger partial charge in [0.2, 0.25) is 0 Å². The molecular formula is C11H10N4O. The van der Waals surface area contributed by atoms with Crippen LogP contribution in [0.5, 0.6) is 0 Å². The van der Waals surface area contributed by atoms with E-state index in [1.807, 2.05) is 24.3 Å². The molecule has 2 heterocycles. The number of nitrogens with zero attached hydrogens (tertiary/aromatic N) is 4. The zero-order valence-corrected chi connectivity index (χ0v) is 9.01. The molecule has 0 spiro atoms. The Hall–Kier alpha value is -2.17. The van der Waals surface area contributed by atoms with Gasteiger partial charge in [0.05, 0.1) is 5.52 Å². The first-order valence-corrected chi connectivity index (χ1v) is 4.99. The molecule has 5 nitrogen and oxygen atoms in total. The SMILES string of the molecule is Cc1nc2c3ccccc3n(C)c(=O)n2n1. The Morgan fingerprint density at radius 3 is 2.81 bits per heavy atom. The Morgan fingerprint density at radius 1 is 1.25 bits per heavy atom. The van der Waals surface area contributed by atoms with Crippen LogP contribution in [0.3, 0.4) is 0 Å². The standard InChI is InChI=1S/C11H10N4O/c1-7-12-10-8-5-3-4-6-9(8)14(2)11(16)15(10)13-7/h3-6H,1-2H3. The van der Waals surface area contributed by atoms with Crippen LogP contribution in [0, 0.1) is 6.92 Å². The lowest BCUT2D eigenvalue weighted by molar-refractivity contribution is 0.765. The van der Waals surface area contributed by atoms with Gasteiger partial charge in [-0.25, -0.2) is 9.78 Å². The molecular weight excluding hydrogens is 204 g/mol. The Labute approximate surface area is 91.0 Å². The number of aryl methyl sites for hydroxylation is 2. The van der Waals surface area contributed by atoms with Crippen molar-refractivity contribution in [2.45, 2.75) is 6.92 Å². The summed E-state index contributed by atoms with van der Waals surface area (Å²) in [6.45, 7) is 1.78. The predicted molar refractivity (Wildman–Crippen MR) is 60.5 cm³/mol. The molecule has 0 aliphatic rings. The van der Waals surface area contributed by atoms with E-state index in [-0.39, 0.29) is 5.69 Å². The molecule has 3 rings (SSSR count). The van der Waals surface area contributed by atoms with Crippen LogP contribution in [0.4, 0.5) is 0 Å². The first kappa shape index (κ1) is 9.08. The molecule has 0 amide bonds. The van der Waals surface area contributed by atoms with Crippen LogP contribution in [-0.4, -0.2) is 19.2 Å². The third kappa shape index (κ3) is 1.02. The van der Waals surface area contributed by atoms with E-state index in [1.165, 1.54) is 4.52 Å². The number of aromatic nitrogens is 4. The molecule has 0 saturated carbocycles.